The number of nitrogen functional groups attached to an aromatic ring is 1. The average molecular weight is 605 g/mol. The van der Waals surface area contributed by atoms with Crippen LogP contribution in [0, 0.1) is 0 Å². The van der Waals surface area contributed by atoms with Crippen LogP contribution in [-0.2, 0) is 30.2 Å². The number of hydrogen-bond acceptors (Lipinski definition) is 16. The molecule has 22 heteroatoms. The number of rotatable bonds is 15. The summed E-state index contributed by atoms with van der Waals surface area (Å²) in [5.41, 5.74) is 5.89. The van der Waals surface area contributed by atoms with Gasteiger partial charge in [-0.1, -0.05) is 6.07 Å². The van der Waals surface area contributed by atoms with E-state index in [1.807, 2.05) is 0 Å². The number of nitrogens with one attached hydrogen (secondary N) is 5. The lowest BCUT2D eigenvalue weighted by Crippen LogP contribution is -2.39. The zero-order chi connectivity index (χ0) is 28.5. The molecule has 0 atom stereocenters. The van der Waals surface area contributed by atoms with Gasteiger partial charge in [0.2, 0.25) is 43.8 Å². The van der Waals surface area contributed by atoms with Crippen molar-refractivity contribution < 1.29 is 29.8 Å². The Bertz CT molecular complexity index is 1590. The Labute approximate surface area is 223 Å². The topological polar surface area (TPSA) is 286 Å². The minimum atomic E-state index is -4.43. The molecule has 8 N–H and O–H groups in total. The van der Waals surface area contributed by atoms with E-state index in [9.17, 15) is 29.8 Å². The quantitative estimate of drug-likeness (QED) is 0.0725. The maximum atomic E-state index is 12.2. The molecule has 39 heavy (non-hydrogen) atoms. The van der Waals surface area contributed by atoms with Crippen molar-refractivity contribution in [1.29, 1.82) is 0 Å². The Morgan fingerprint density at radius 3 is 1.97 bits per heavy atom. The van der Waals surface area contributed by atoms with Crippen molar-refractivity contribution in [3.05, 3.63) is 36.9 Å². The molecule has 0 bridgehead atoms. The van der Waals surface area contributed by atoms with Gasteiger partial charge in [-0.15, -0.1) is 0 Å². The molecule has 2 aromatic heterocycles. The van der Waals surface area contributed by atoms with Crippen LogP contribution in [-0.4, -0.2) is 91.0 Å². The second kappa shape index (κ2) is 12.8. The van der Waals surface area contributed by atoms with Gasteiger partial charge in [-0.3, -0.25) is 4.55 Å². The highest BCUT2D eigenvalue weighted by Crippen LogP contribution is 2.19. The SMILES string of the molecule is Nc1nc(NCCNS(=O)(=O)CS(=O)(=O)NCCNc2ncncn2)nc(Nc2cccc(S(=O)(=O)O)c2)n1. The van der Waals surface area contributed by atoms with E-state index in [4.69, 9.17) is 5.73 Å². The molecule has 0 fully saturated rings. The summed E-state index contributed by atoms with van der Waals surface area (Å²) in [4.78, 5) is 22.7. The van der Waals surface area contributed by atoms with Gasteiger partial charge in [0.15, 0.2) is 5.08 Å². The molecule has 1 aromatic carbocycles. The first kappa shape index (κ1) is 29.7. The zero-order valence-electron chi connectivity index (χ0n) is 19.9. The molecule has 3 aromatic rings. The number of aromatic nitrogens is 6. The molecule has 19 nitrogen and oxygen atoms in total. The van der Waals surface area contributed by atoms with Crippen LogP contribution in [0.1, 0.15) is 0 Å². The van der Waals surface area contributed by atoms with Gasteiger partial charge in [-0.05, 0) is 18.2 Å². The van der Waals surface area contributed by atoms with Gasteiger partial charge in [0.25, 0.3) is 10.1 Å². The second-order valence-corrected chi connectivity index (χ2v) is 12.8. The van der Waals surface area contributed by atoms with E-state index in [2.05, 4.69) is 55.3 Å². The lowest BCUT2D eigenvalue weighted by Gasteiger charge is -2.11. The molecule has 3 rings (SSSR count). The van der Waals surface area contributed by atoms with Gasteiger partial charge in [0, 0.05) is 31.9 Å². The summed E-state index contributed by atoms with van der Waals surface area (Å²) < 4.78 is 84.7. The second-order valence-electron chi connectivity index (χ2n) is 7.42. The Morgan fingerprint density at radius 2 is 1.36 bits per heavy atom. The predicted octanol–water partition coefficient (Wildman–Crippen LogP) is -2.05. The van der Waals surface area contributed by atoms with E-state index in [-0.39, 0.29) is 60.6 Å². The molecule has 0 aliphatic heterocycles. The summed E-state index contributed by atoms with van der Waals surface area (Å²) in [6.07, 6.45) is 2.51. The summed E-state index contributed by atoms with van der Waals surface area (Å²) in [6, 6.07) is 5.21. The molecule has 2 heterocycles. The molecule has 0 saturated heterocycles. The van der Waals surface area contributed by atoms with Gasteiger partial charge in [0.1, 0.15) is 12.7 Å². The predicted molar refractivity (Wildman–Crippen MR) is 139 cm³/mol. The summed E-state index contributed by atoms with van der Waals surface area (Å²) in [5, 5.41) is 6.96. The van der Waals surface area contributed by atoms with E-state index >= 15 is 0 Å². The van der Waals surface area contributed by atoms with Gasteiger partial charge in [-0.2, -0.15) is 23.4 Å². The fraction of sp³-hybridized carbons (Fsp3) is 0.294. The maximum absolute atomic E-state index is 12.2. The summed E-state index contributed by atoms with van der Waals surface area (Å²) in [5.74, 6) is -0.0841. The Hall–Kier alpha value is -3.83. The van der Waals surface area contributed by atoms with Crippen molar-refractivity contribution in [2.45, 2.75) is 4.90 Å². The summed E-state index contributed by atoms with van der Waals surface area (Å²) in [6.45, 7) is -0.270. The first-order chi connectivity index (χ1) is 18.3. The van der Waals surface area contributed by atoms with Crippen LogP contribution in [0.4, 0.5) is 29.5 Å². The number of nitrogens with two attached hydrogens (primary N) is 1. The molecular formula is C17H24N12O7S3. The minimum absolute atomic E-state index is 0.0462. The number of benzene rings is 1. The standard InChI is InChI=1S/C17H24N12O7S3/c18-14-27-16(29-17(28-14)26-12-2-1-3-13(8-12)39(34,35)36)21-5-7-25-38(32,33)11-37(30,31)24-6-4-20-15-22-9-19-10-23-15/h1-3,8-10,24-25H,4-7,11H2,(H,34,35,36)(H,19,20,22,23)(H4,18,21,26,27,28,29). The van der Waals surface area contributed by atoms with E-state index in [1.165, 1.54) is 30.9 Å². The monoisotopic (exact) mass is 604 g/mol. The van der Waals surface area contributed by atoms with Crippen molar-refractivity contribution in [2.24, 2.45) is 0 Å². The molecular weight excluding hydrogens is 580 g/mol. The molecule has 0 saturated carbocycles. The van der Waals surface area contributed by atoms with Gasteiger partial charge >= 0.3 is 0 Å². The maximum Gasteiger partial charge on any atom is 0.294 e. The highest BCUT2D eigenvalue weighted by molar-refractivity contribution is 8.06. The Balaban J connectivity index is 1.46. The van der Waals surface area contributed by atoms with Crippen LogP contribution >= 0.6 is 0 Å². The molecule has 0 amide bonds. The van der Waals surface area contributed by atoms with Crippen LogP contribution in [0.15, 0.2) is 41.8 Å². The number of anilines is 5. The third kappa shape index (κ3) is 10.5. The van der Waals surface area contributed by atoms with Gasteiger partial charge < -0.3 is 21.7 Å². The van der Waals surface area contributed by atoms with Crippen LogP contribution in [0.5, 0.6) is 0 Å². The minimum Gasteiger partial charge on any atom is -0.368 e. The molecule has 0 aliphatic rings. The van der Waals surface area contributed by atoms with Crippen LogP contribution in [0.25, 0.3) is 0 Å². The number of nitrogens with zero attached hydrogens (tertiary/aromatic N) is 6. The molecule has 0 spiro atoms. The van der Waals surface area contributed by atoms with Crippen LogP contribution in [0.2, 0.25) is 0 Å². The van der Waals surface area contributed by atoms with Gasteiger partial charge in [-0.25, -0.2) is 41.2 Å². The third-order valence-corrected chi connectivity index (χ3v) is 8.92. The smallest absolute Gasteiger partial charge is 0.294 e. The van der Waals surface area contributed by atoms with Crippen molar-refractivity contribution >= 4 is 59.6 Å². The van der Waals surface area contributed by atoms with E-state index in [0.29, 0.717) is 0 Å². The molecule has 0 unspecified atom stereocenters. The van der Waals surface area contributed by atoms with Crippen LogP contribution < -0.4 is 31.1 Å². The van der Waals surface area contributed by atoms with Gasteiger partial charge in [0.05, 0.1) is 4.90 Å². The molecule has 0 radical (unpaired) electrons. The number of hydrogen-bond donors (Lipinski definition) is 7. The van der Waals surface area contributed by atoms with Crippen molar-refractivity contribution in [3.63, 3.8) is 0 Å². The lowest BCUT2D eigenvalue weighted by molar-refractivity contribution is 0.483. The lowest BCUT2D eigenvalue weighted by atomic mass is 10.3. The van der Waals surface area contributed by atoms with E-state index in [0.717, 1.165) is 6.07 Å². The van der Waals surface area contributed by atoms with Crippen molar-refractivity contribution in [1.82, 2.24) is 39.3 Å². The largest absolute Gasteiger partial charge is 0.368 e. The summed E-state index contributed by atoms with van der Waals surface area (Å²) >= 11 is 0. The highest BCUT2D eigenvalue weighted by atomic mass is 32.3. The first-order valence-corrected chi connectivity index (χ1v) is 15.5. The Kier molecular flexibility index (Phi) is 9.76. The molecule has 0 aliphatic carbocycles. The first-order valence-electron chi connectivity index (χ1n) is 10.7. The average Bonchev–Trinajstić information content (AvgIpc) is 2.84. The van der Waals surface area contributed by atoms with Crippen molar-refractivity contribution in [2.75, 3.05) is 52.9 Å². The fourth-order valence-electron chi connectivity index (χ4n) is 2.77. The Morgan fingerprint density at radius 1 is 0.769 bits per heavy atom. The van der Waals surface area contributed by atoms with E-state index < -0.39 is 35.2 Å². The van der Waals surface area contributed by atoms with Crippen LogP contribution in [0.3, 0.4) is 0 Å². The molecule has 212 valence electrons. The van der Waals surface area contributed by atoms with E-state index in [1.54, 1.807) is 0 Å². The zero-order valence-corrected chi connectivity index (χ0v) is 22.3. The van der Waals surface area contributed by atoms with Crippen molar-refractivity contribution in [3.8, 4) is 0 Å². The normalized spacial score (nSPS) is 12.1. The number of sulfonamides is 2. The highest BCUT2D eigenvalue weighted by Gasteiger charge is 2.21. The fourth-order valence-corrected chi connectivity index (χ4v) is 6.42. The third-order valence-electron chi connectivity index (χ3n) is 4.30. The summed E-state index contributed by atoms with van der Waals surface area (Å²) in [7, 11) is -12.8.